The van der Waals surface area contributed by atoms with Gasteiger partial charge in [-0.2, -0.15) is 0 Å². The number of carbonyl (C=O) groups excluding carboxylic acids is 1. The van der Waals surface area contributed by atoms with Crippen molar-refractivity contribution in [1.82, 2.24) is 4.98 Å². The Bertz CT molecular complexity index is 896. The number of aromatic nitrogens is 1. The highest BCUT2D eigenvalue weighted by Gasteiger charge is 2.09. The van der Waals surface area contributed by atoms with E-state index < -0.39 is 0 Å². The maximum absolute atomic E-state index is 12.2. The number of rotatable bonds is 5. The minimum Gasteiger partial charge on any atom is -0.325 e. The number of thiazole rings is 1. The summed E-state index contributed by atoms with van der Waals surface area (Å²) in [6, 6.07) is 13.5. The van der Waals surface area contributed by atoms with Crippen molar-refractivity contribution in [1.29, 1.82) is 0 Å². The Balaban J connectivity index is 1.58. The van der Waals surface area contributed by atoms with Crippen LogP contribution >= 0.6 is 57.3 Å². The summed E-state index contributed by atoms with van der Waals surface area (Å²) < 4.78 is 2.03. The Morgan fingerprint density at radius 2 is 2.04 bits per heavy atom. The maximum atomic E-state index is 12.2. The Morgan fingerprint density at radius 1 is 1.28 bits per heavy atom. The average molecular weight is 501 g/mol. The minimum atomic E-state index is -0.0300. The number of nitrogens with zero attached hydrogens (tertiary/aromatic N) is 1. The lowest BCUT2D eigenvalue weighted by atomic mass is 10.2. The molecule has 0 atom stereocenters. The lowest BCUT2D eigenvalue weighted by Gasteiger charge is -2.08. The van der Waals surface area contributed by atoms with Gasteiger partial charge in [0.05, 0.1) is 11.4 Å². The number of hydrogen-bond acceptors (Lipinski definition) is 4. The molecule has 0 aliphatic rings. The molecule has 0 aliphatic heterocycles. The van der Waals surface area contributed by atoms with Crippen LogP contribution in [-0.2, 0) is 4.79 Å². The fourth-order valence-corrected chi connectivity index (χ4v) is 4.57. The number of thioether (sulfide) groups is 1. The summed E-state index contributed by atoms with van der Waals surface area (Å²) in [5.74, 6) is 0.302. The van der Waals surface area contributed by atoms with Crippen LogP contribution in [0.3, 0.4) is 0 Å². The van der Waals surface area contributed by atoms with E-state index in [9.17, 15) is 4.79 Å². The summed E-state index contributed by atoms with van der Waals surface area (Å²) in [4.78, 5) is 16.7. The van der Waals surface area contributed by atoms with E-state index in [1.165, 1.54) is 23.1 Å². The monoisotopic (exact) mass is 500 g/mol. The van der Waals surface area contributed by atoms with Crippen molar-refractivity contribution in [2.24, 2.45) is 0 Å². The molecule has 0 aliphatic carbocycles. The van der Waals surface area contributed by atoms with E-state index in [0.717, 1.165) is 30.4 Å². The number of nitrogens with one attached hydrogen (secondary N) is 1. The zero-order chi connectivity index (χ0) is 17.8. The Kier molecular flexibility index (Phi) is 6.38. The van der Waals surface area contributed by atoms with Gasteiger partial charge in [-0.3, -0.25) is 4.79 Å². The molecular weight excluding hydrogens is 487 g/mol. The molecule has 1 heterocycles. The topological polar surface area (TPSA) is 42.0 Å². The van der Waals surface area contributed by atoms with Gasteiger partial charge in [0, 0.05) is 25.2 Å². The number of carbonyl (C=O) groups is 1. The van der Waals surface area contributed by atoms with Crippen molar-refractivity contribution in [2.45, 2.75) is 11.3 Å². The molecule has 1 aromatic heterocycles. The molecule has 0 unspecified atom stereocenters. The van der Waals surface area contributed by atoms with E-state index in [2.05, 4.69) is 32.9 Å². The van der Waals surface area contributed by atoms with Gasteiger partial charge in [-0.05, 0) is 65.4 Å². The van der Waals surface area contributed by atoms with Gasteiger partial charge in [-0.1, -0.05) is 35.5 Å². The van der Waals surface area contributed by atoms with Gasteiger partial charge in [-0.15, -0.1) is 11.3 Å². The van der Waals surface area contributed by atoms with Gasteiger partial charge >= 0.3 is 0 Å². The molecule has 0 fully saturated rings. The Hall–Kier alpha value is -1.09. The van der Waals surface area contributed by atoms with Crippen LogP contribution in [0.25, 0.3) is 11.3 Å². The van der Waals surface area contributed by atoms with Gasteiger partial charge in [0.1, 0.15) is 0 Å². The van der Waals surface area contributed by atoms with Crippen molar-refractivity contribution >= 4 is 68.9 Å². The Morgan fingerprint density at radius 3 is 2.76 bits per heavy atom. The fourth-order valence-electron chi connectivity index (χ4n) is 2.16. The SMILES string of the molecule is Cc1cc(I)ccc1NC(=O)CSc1nc(-c2ccc(Cl)cc2)cs1. The molecule has 128 valence electrons. The Labute approximate surface area is 173 Å². The summed E-state index contributed by atoms with van der Waals surface area (Å²) in [5.41, 5.74) is 3.83. The van der Waals surface area contributed by atoms with E-state index >= 15 is 0 Å². The summed E-state index contributed by atoms with van der Waals surface area (Å²) in [6.07, 6.45) is 0. The molecule has 7 heteroatoms. The number of anilines is 1. The fraction of sp³-hybridized carbons (Fsp3) is 0.111. The normalized spacial score (nSPS) is 10.7. The number of aryl methyl sites for hydroxylation is 1. The predicted octanol–water partition coefficient (Wildman–Crippen LogP) is 6.11. The van der Waals surface area contributed by atoms with Crippen LogP contribution in [0.1, 0.15) is 5.56 Å². The first-order valence-corrected chi connectivity index (χ1v) is 10.7. The van der Waals surface area contributed by atoms with Crippen LogP contribution in [0.4, 0.5) is 5.69 Å². The first-order valence-electron chi connectivity index (χ1n) is 7.41. The second-order valence-electron chi connectivity index (χ2n) is 5.30. The lowest BCUT2D eigenvalue weighted by Crippen LogP contribution is -2.14. The largest absolute Gasteiger partial charge is 0.325 e. The van der Waals surface area contributed by atoms with Crippen molar-refractivity contribution < 1.29 is 4.79 Å². The average Bonchev–Trinajstić information content (AvgIpc) is 3.05. The summed E-state index contributed by atoms with van der Waals surface area (Å²) in [7, 11) is 0. The van der Waals surface area contributed by atoms with Gasteiger partial charge in [-0.25, -0.2) is 4.98 Å². The smallest absolute Gasteiger partial charge is 0.234 e. The summed E-state index contributed by atoms with van der Waals surface area (Å²) >= 11 is 11.1. The first kappa shape index (κ1) is 18.7. The molecule has 0 bridgehead atoms. The summed E-state index contributed by atoms with van der Waals surface area (Å²) in [6.45, 7) is 1.99. The molecule has 3 aromatic rings. The van der Waals surface area contributed by atoms with Crippen molar-refractivity contribution in [3.63, 3.8) is 0 Å². The van der Waals surface area contributed by atoms with Gasteiger partial charge in [0.25, 0.3) is 0 Å². The molecular formula is C18H14ClIN2OS2. The van der Waals surface area contributed by atoms with E-state index in [1.54, 1.807) is 0 Å². The molecule has 3 nitrogen and oxygen atoms in total. The molecule has 0 radical (unpaired) electrons. The van der Waals surface area contributed by atoms with Crippen molar-refractivity contribution in [3.05, 3.63) is 62.0 Å². The second kappa shape index (κ2) is 8.53. The van der Waals surface area contributed by atoms with Gasteiger partial charge < -0.3 is 5.32 Å². The molecule has 1 amide bonds. The molecule has 0 saturated heterocycles. The highest BCUT2D eigenvalue weighted by Crippen LogP contribution is 2.29. The van der Waals surface area contributed by atoms with Crippen LogP contribution in [0.5, 0.6) is 0 Å². The second-order valence-corrected chi connectivity index (χ2v) is 9.06. The highest BCUT2D eigenvalue weighted by atomic mass is 127. The predicted molar refractivity (Wildman–Crippen MR) is 116 cm³/mol. The molecule has 0 saturated carbocycles. The molecule has 1 N–H and O–H groups in total. The third kappa shape index (κ3) is 5.20. The lowest BCUT2D eigenvalue weighted by molar-refractivity contribution is -0.113. The minimum absolute atomic E-state index is 0.0300. The molecule has 2 aromatic carbocycles. The van der Waals surface area contributed by atoms with Crippen molar-refractivity contribution in [2.75, 3.05) is 11.1 Å². The molecule has 0 spiro atoms. The van der Waals surface area contributed by atoms with E-state index in [0.29, 0.717) is 10.8 Å². The van der Waals surface area contributed by atoms with E-state index in [1.807, 2.05) is 54.8 Å². The highest BCUT2D eigenvalue weighted by molar-refractivity contribution is 14.1. The molecule has 3 rings (SSSR count). The quantitative estimate of drug-likeness (QED) is 0.340. The van der Waals surface area contributed by atoms with Gasteiger partial charge in [0.2, 0.25) is 5.91 Å². The van der Waals surface area contributed by atoms with Crippen molar-refractivity contribution in [3.8, 4) is 11.3 Å². The van der Waals surface area contributed by atoms with Crippen LogP contribution in [-0.4, -0.2) is 16.6 Å². The van der Waals surface area contributed by atoms with Gasteiger partial charge in [0.15, 0.2) is 4.34 Å². The summed E-state index contributed by atoms with van der Waals surface area (Å²) in [5, 5.41) is 5.65. The third-order valence-electron chi connectivity index (χ3n) is 3.41. The van der Waals surface area contributed by atoms with Crippen LogP contribution in [0.15, 0.2) is 52.2 Å². The van der Waals surface area contributed by atoms with Crippen LogP contribution in [0.2, 0.25) is 5.02 Å². The first-order chi connectivity index (χ1) is 12.0. The standard InChI is InChI=1S/C18H14ClIN2OS2/c1-11-8-14(20)6-7-15(11)21-17(23)10-25-18-22-16(9-24-18)12-2-4-13(19)5-3-12/h2-9H,10H2,1H3,(H,21,23). The van der Waals surface area contributed by atoms with Crippen LogP contribution < -0.4 is 5.32 Å². The number of amides is 1. The zero-order valence-electron chi connectivity index (χ0n) is 13.3. The van der Waals surface area contributed by atoms with Crippen LogP contribution in [0, 0.1) is 10.5 Å². The molecule has 25 heavy (non-hydrogen) atoms. The van der Waals surface area contributed by atoms with E-state index in [-0.39, 0.29) is 5.91 Å². The zero-order valence-corrected chi connectivity index (χ0v) is 17.8. The third-order valence-corrected chi connectivity index (χ3v) is 6.36. The van der Waals surface area contributed by atoms with E-state index in [4.69, 9.17) is 11.6 Å². The number of benzene rings is 2. The number of hydrogen-bond donors (Lipinski definition) is 1. The number of halogens is 2. The maximum Gasteiger partial charge on any atom is 0.234 e.